The van der Waals surface area contributed by atoms with Gasteiger partial charge in [-0.25, -0.2) is 0 Å². The third-order valence-electron chi connectivity index (χ3n) is 5.04. The lowest BCUT2D eigenvalue weighted by atomic mass is 9.98. The summed E-state index contributed by atoms with van der Waals surface area (Å²) >= 11 is 0. The van der Waals surface area contributed by atoms with Crippen LogP contribution in [0.25, 0.3) is 0 Å². The molecule has 5 nitrogen and oxygen atoms in total. The largest absolute Gasteiger partial charge is 0.496 e. The van der Waals surface area contributed by atoms with Crippen molar-refractivity contribution in [3.63, 3.8) is 0 Å². The van der Waals surface area contributed by atoms with E-state index in [1.165, 1.54) is 4.41 Å². The topological polar surface area (TPSA) is 59.0 Å². The molecule has 29 heavy (non-hydrogen) atoms. The average Bonchev–Trinajstić information content (AvgIpc) is 3.21. The van der Waals surface area contributed by atoms with Crippen LogP contribution < -0.4 is 4.74 Å². The summed E-state index contributed by atoms with van der Waals surface area (Å²) in [4.78, 5) is 0.216. The quantitative estimate of drug-likeness (QED) is 0.625. The second-order valence-electron chi connectivity index (χ2n) is 6.97. The molecule has 148 valence electrons. The Kier molecular flexibility index (Phi) is 5.11. The van der Waals surface area contributed by atoms with Crippen LogP contribution in [0.3, 0.4) is 0 Å². The summed E-state index contributed by atoms with van der Waals surface area (Å²) < 4.78 is 33.6. The highest BCUT2D eigenvalue weighted by Gasteiger charge is 2.38. The van der Waals surface area contributed by atoms with Gasteiger partial charge in [0.25, 0.3) is 10.0 Å². The number of hydrogen-bond donors (Lipinski definition) is 0. The van der Waals surface area contributed by atoms with Crippen LogP contribution >= 0.6 is 0 Å². The van der Waals surface area contributed by atoms with Gasteiger partial charge in [-0.15, -0.1) is 0 Å². The molecule has 0 spiro atoms. The molecule has 0 aliphatic carbocycles. The molecule has 0 fully saturated rings. The van der Waals surface area contributed by atoms with Crippen molar-refractivity contribution in [1.82, 2.24) is 4.41 Å². The number of rotatable bonds is 5. The highest BCUT2D eigenvalue weighted by atomic mass is 32.2. The maximum Gasteiger partial charge on any atom is 0.279 e. The summed E-state index contributed by atoms with van der Waals surface area (Å²) in [5.74, 6) is 0.645. The third-order valence-corrected chi connectivity index (χ3v) is 6.74. The maximum atomic E-state index is 13.4. The molecule has 1 atom stereocenters. The van der Waals surface area contributed by atoms with Gasteiger partial charge < -0.3 is 4.74 Å². The van der Waals surface area contributed by atoms with Crippen LogP contribution in [0, 0.1) is 6.92 Å². The fraction of sp³-hybridized carbons (Fsp3) is 0.174. The summed E-state index contributed by atoms with van der Waals surface area (Å²) in [6, 6.07) is 23.4. The van der Waals surface area contributed by atoms with E-state index in [1.54, 1.807) is 37.4 Å². The maximum absolute atomic E-state index is 13.4. The van der Waals surface area contributed by atoms with E-state index in [1.807, 2.05) is 55.5 Å². The second kappa shape index (κ2) is 7.72. The van der Waals surface area contributed by atoms with Crippen LogP contribution in [-0.4, -0.2) is 25.7 Å². The van der Waals surface area contributed by atoms with Gasteiger partial charge in [0.1, 0.15) is 5.75 Å². The van der Waals surface area contributed by atoms with Crippen molar-refractivity contribution in [2.24, 2.45) is 5.10 Å². The van der Waals surface area contributed by atoms with Crippen molar-refractivity contribution in [3.05, 3.63) is 95.6 Å². The van der Waals surface area contributed by atoms with E-state index >= 15 is 0 Å². The van der Waals surface area contributed by atoms with Crippen LogP contribution in [0.1, 0.15) is 29.2 Å². The minimum absolute atomic E-state index is 0.216. The first-order chi connectivity index (χ1) is 14.0. The molecule has 0 amide bonds. The molecule has 1 aliphatic heterocycles. The molecule has 0 saturated carbocycles. The van der Waals surface area contributed by atoms with Gasteiger partial charge in [-0.3, -0.25) is 0 Å². The van der Waals surface area contributed by atoms with Crippen molar-refractivity contribution in [2.75, 3.05) is 7.11 Å². The molecule has 6 heteroatoms. The number of sulfonamides is 1. The van der Waals surface area contributed by atoms with Gasteiger partial charge in [0.05, 0.1) is 23.8 Å². The average molecular weight is 407 g/mol. The zero-order valence-corrected chi connectivity index (χ0v) is 17.1. The van der Waals surface area contributed by atoms with E-state index < -0.39 is 16.1 Å². The van der Waals surface area contributed by atoms with Crippen LogP contribution in [0.5, 0.6) is 5.75 Å². The minimum atomic E-state index is -3.82. The van der Waals surface area contributed by atoms with E-state index in [4.69, 9.17) is 4.74 Å². The van der Waals surface area contributed by atoms with E-state index in [2.05, 4.69) is 5.10 Å². The van der Waals surface area contributed by atoms with Gasteiger partial charge in [0.2, 0.25) is 0 Å². The first-order valence-corrected chi connectivity index (χ1v) is 10.8. The van der Waals surface area contributed by atoms with Gasteiger partial charge in [0, 0.05) is 12.0 Å². The second-order valence-corrected chi connectivity index (χ2v) is 8.76. The number of ether oxygens (including phenoxy) is 1. The van der Waals surface area contributed by atoms with Crippen molar-refractivity contribution >= 4 is 15.7 Å². The van der Waals surface area contributed by atoms with Gasteiger partial charge >= 0.3 is 0 Å². The van der Waals surface area contributed by atoms with Gasteiger partial charge in [-0.05, 0) is 30.7 Å². The predicted molar refractivity (Wildman–Crippen MR) is 114 cm³/mol. The molecule has 1 aliphatic rings. The molecule has 0 aromatic heterocycles. The lowest BCUT2D eigenvalue weighted by molar-refractivity contribution is 0.350. The zero-order chi connectivity index (χ0) is 20.4. The number of nitrogens with zero attached hydrogens (tertiary/aromatic N) is 2. The predicted octanol–water partition coefficient (Wildman–Crippen LogP) is 4.54. The summed E-state index contributed by atoms with van der Waals surface area (Å²) in [6.45, 7) is 2.02. The lowest BCUT2D eigenvalue weighted by Gasteiger charge is -2.24. The number of benzene rings is 3. The molecule has 4 rings (SSSR count). The van der Waals surface area contributed by atoms with Crippen molar-refractivity contribution in [2.45, 2.75) is 24.3 Å². The molecule has 0 saturated heterocycles. The lowest BCUT2D eigenvalue weighted by Crippen LogP contribution is -2.27. The molecule has 1 heterocycles. The monoisotopic (exact) mass is 406 g/mol. The molecule has 0 N–H and O–H groups in total. The van der Waals surface area contributed by atoms with Crippen LogP contribution in [0.2, 0.25) is 0 Å². The molecule has 3 aromatic rings. The molecule has 3 aromatic carbocycles. The van der Waals surface area contributed by atoms with Crippen molar-refractivity contribution < 1.29 is 13.2 Å². The Hall–Kier alpha value is -3.12. The zero-order valence-electron chi connectivity index (χ0n) is 16.3. The first kappa shape index (κ1) is 19.2. The Bertz CT molecular complexity index is 1140. The van der Waals surface area contributed by atoms with Crippen molar-refractivity contribution in [1.29, 1.82) is 0 Å². The number of aryl methyl sites for hydroxylation is 1. The first-order valence-electron chi connectivity index (χ1n) is 9.37. The normalized spacial score (nSPS) is 16.6. The Morgan fingerprint density at radius 2 is 1.59 bits per heavy atom. The fourth-order valence-corrected chi connectivity index (χ4v) is 4.95. The Morgan fingerprint density at radius 1 is 0.931 bits per heavy atom. The number of para-hydroxylation sites is 1. The van der Waals surface area contributed by atoms with E-state index in [-0.39, 0.29) is 4.90 Å². The molecule has 0 radical (unpaired) electrons. The molecular formula is C23H22N2O3S. The summed E-state index contributed by atoms with van der Waals surface area (Å²) in [5.41, 5.74) is 3.59. The highest BCUT2D eigenvalue weighted by molar-refractivity contribution is 7.89. The fourth-order valence-electron chi connectivity index (χ4n) is 3.50. The molecule has 0 bridgehead atoms. The van der Waals surface area contributed by atoms with E-state index in [9.17, 15) is 8.42 Å². The summed E-state index contributed by atoms with van der Waals surface area (Å²) in [5, 5.41) is 4.58. The van der Waals surface area contributed by atoms with Crippen LogP contribution in [0.4, 0.5) is 0 Å². The van der Waals surface area contributed by atoms with Gasteiger partial charge in [-0.2, -0.15) is 17.9 Å². The number of methoxy groups -OCH3 is 1. The van der Waals surface area contributed by atoms with E-state index in [0.717, 1.165) is 22.4 Å². The highest BCUT2D eigenvalue weighted by Crippen LogP contribution is 2.40. The van der Waals surface area contributed by atoms with Crippen LogP contribution in [-0.2, 0) is 10.0 Å². The molecular weight excluding hydrogens is 384 g/mol. The number of hydrazone groups is 1. The standard InChI is InChI=1S/C23H22N2O3S/c1-17-12-14-18(15-13-17)21-16-22(20-10-6-7-11-23(20)28-2)25(24-21)29(26,27)19-8-4-3-5-9-19/h3-15,22H,16H2,1-2H3/t22-/m1/s1. The third kappa shape index (κ3) is 3.63. The van der Waals surface area contributed by atoms with E-state index in [0.29, 0.717) is 12.2 Å². The minimum Gasteiger partial charge on any atom is -0.496 e. The Morgan fingerprint density at radius 3 is 2.28 bits per heavy atom. The Labute approximate surface area is 171 Å². The smallest absolute Gasteiger partial charge is 0.279 e. The van der Waals surface area contributed by atoms with Crippen molar-refractivity contribution in [3.8, 4) is 5.75 Å². The van der Waals surface area contributed by atoms with Gasteiger partial charge in [0.15, 0.2) is 0 Å². The molecule has 0 unspecified atom stereocenters. The van der Waals surface area contributed by atoms with Gasteiger partial charge in [-0.1, -0.05) is 66.2 Å². The summed E-state index contributed by atoms with van der Waals surface area (Å²) in [6.07, 6.45) is 0.468. The number of hydrogen-bond acceptors (Lipinski definition) is 4. The Balaban J connectivity index is 1.83. The van der Waals surface area contributed by atoms with Crippen LogP contribution in [0.15, 0.2) is 88.9 Å². The SMILES string of the molecule is COc1ccccc1[C@H]1CC(c2ccc(C)cc2)=NN1S(=O)(=O)c1ccccc1. The summed E-state index contributed by atoms with van der Waals surface area (Å²) in [7, 11) is -2.23.